The summed E-state index contributed by atoms with van der Waals surface area (Å²) >= 11 is 0. The Balaban J connectivity index is 3.65. The second-order valence-electron chi connectivity index (χ2n) is 9.05. The molecule has 10 heteroatoms. The quantitative estimate of drug-likeness (QED) is 0.440. The molecule has 176 valence electrons. The second-order valence-corrected chi connectivity index (χ2v) is 11.4. The number of rotatable bonds is 8. The molecule has 1 fully saturated rings. The average Bonchev–Trinajstić information content (AvgIpc) is 2.65. The van der Waals surface area contributed by atoms with Crippen LogP contribution in [0.15, 0.2) is 0 Å². The lowest BCUT2D eigenvalue weighted by Gasteiger charge is -2.50. The van der Waals surface area contributed by atoms with Crippen molar-refractivity contribution in [1.29, 1.82) is 0 Å². The molecule has 4 atom stereocenters. The Morgan fingerprint density at radius 2 is 1.73 bits per heavy atom. The molecule has 0 aromatic heterocycles. The van der Waals surface area contributed by atoms with Crippen LogP contribution in [0.5, 0.6) is 0 Å². The Hall–Kier alpha value is -1.15. The van der Waals surface area contributed by atoms with E-state index in [1.54, 1.807) is 20.8 Å². The predicted molar refractivity (Wildman–Crippen MR) is 112 cm³/mol. The highest BCUT2D eigenvalue weighted by Crippen LogP contribution is 2.60. The van der Waals surface area contributed by atoms with Gasteiger partial charge in [-0.3, -0.25) is 9.46 Å². The third kappa shape index (κ3) is 6.42. The topological polar surface area (TPSA) is 112 Å². The predicted octanol–water partition coefficient (Wildman–Crippen LogP) is 3.64. The van der Waals surface area contributed by atoms with Gasteiger partial charge in [0.2, 0.25) is 0 Å². The Bertz CT molecular complexity index is 625. The molecule has 1 saturated heterocycles. The zero-order valence-corrected chi connectivity index (χ0v) is 20.3. The Morgan fingerprint density at radius 3 is 2.13 bits per heavy atom. The van der Waals surface area contributed by atoms with Crippen LogP contribution in [0.1, 0.15) is 53.9 Å². The molecular weight excluding hydrogens is 413 g/mol. The maximum atomic E-state index is 13.6. The van der Waals surface area contributed by atoms with Gasteiger partial charge in [-0.05, 0) is 57.8 Å². The molecule has 9 nitrogen and oxygen atoms in total. The van der Waals surface area contributed by atoms with E-state index < -0.39 is 43.0 Å². The maximum Gasteiger partial charge on any atom is 0.411 e. The number of aliphatic hydroxyl groups is 1. The van der Waals surface area contributed by atoms with Crippen LogP contribution >= 0.6 is 7.60 Å². The fourth-order valence-corrected chi connectivity index (χ4v) is 6.20. The molecule has 0 aliphatic carbocycles. The van der Waals surface area contributed by atoms with Gasteiger partial charge in [-0.15, -0.1) is 0 Å². The third-order valence-corrected chi connectivity index (χ3v) is 7.58. The first-order valence-electron chi connectivity index (χ1n) is 10.3. The van der Waals surface area contributed by atoms with Crippen LogP contribution in [0.25, 0.3) is 0 Å². The largest absolute Gasteiger partial charge is 0.467 e. The van der Waals surface area contributed by atoms with E-state index in [0.717, 1.165) is 4.90 Å². The number of nitrogens with zero attached hydrogens (tertiary/aromatic N) is 1. The zero-order valence-electron chi connectivity index (χ0n) is 19.4. The number of likely N-dealkylation sites (tertiary alicyclic amines) is 1. The van der Waals surface area contributed by atoms with Gasteiger partial charge >= 0.3 is 19.7 Å². The first-order chi connectivity index (χ1) is 13.8. The summed E-state index contributed by atoms with van der Waals surface area (Å²) < 4.78 is 34.7. The molecule has 1 amide bonds. The number of ether oxygens (including phenoxy) is 2. The standard InChI is InChI=1S/C20H38NO8P/c1-13(2)11-14-12-16(18(23)26-6)21(19(24)29-20(3,4)5)17(15(14)9-10-22)30(25,27-7)28-8/h13-17,22H,9-12H2,1-8H3/t14-,15+,16+,17-/m0/s1. The molecule has 0 aromatic rings. The van der Waals surface area contributed by atoms with E-state index in [4.69, 9.17) is 18.5 Å². The van der Waals surface area contributed by atoms with Crippen molar-refractivity contribution in [1.82, 2.24) is 4.90 Å². The number of esters is 1. The lowest BCUT2D eigenvalue weighted by atomic mass is 9.75. The summed E-state index contributed by atoms with van der Waals surface area (Å²) in [5, 5.41) is 9.73. The van der Waals surface area contributed by atoms with Crippen LogP contribution in [-0.4, -0.2) is 67.4 Å². The minimum atomic E-state index is -3.88. The first kappa shape index (κ1) is 26.9. The SMILES string of the molecule is COC(=O)[C@H]1C[C@H](CC(C)C)[C@@H](CCO)[C@H](P(=O)(OC)OC)N1C(=O)OC(C)(C)C. The second kappa shape index (κ2) is 10.9. The van der Waals surface area contributed by atoms with Gasteiger partial charge in [0.15, 0.2) is 0 Å². The van der Waals surface area contributed by atoms with Crippen LogP contribution in [0.3, 0.4) is 0 Å². The molecule has 0 bridgehead atoms. The number of carbonyl (C=O) groups excluding carboxylic acids is 2. The fourth-order valence-electron chi connectivity index (χ4n) is 4.19. The molecule has 30 heavy (non-hydrogen) atoms. The summed E-state index contributed by atoms with van der Waals surface area (Å²) in [7, 11) is -0.150. The fraction of sp³-hybridized carbons (Fsp3) is 0.900. The van der Waals surface area contributed by atoms with Gasteiger partial charge < -0.3 is 23.6 Å². The normalized spacial score (nSPS) is 25.3. The van der Waals surface area contributed by atoms with E-state index in [2.05, 4.69) is 0 Å². The van der Waals surface area contributed by atoms with E-state index in [0.29, 0.717) is 12.8 Å². The molecule has 0 aromatic carbocycles. The smallest absolute Gasteiger partial charge is 0.411 e. The van der Waals surface area contributed by atoms with Crippen molar-refractivity contribution in [2.45, 2.75) is 71.3 Å². The highest BCUT2D eigenvalue weighted by molar-refractivity contribution is 7.54. The summed E-state index contributed by atoms with van der Waals surface area (Å²) in [5.74, 6) is -1.97. The number of methoxy groups -OCH3 is 1. The van der Waals surface area contributed by atoms with E-state index >= 15 is 0 Å². The minimum absolute atomic E-state index is 0.108. The van der Waals surface area contributed by atoms with Crippen molar-refractivity contribution < 1.29 is 37.8 Å². The van der Waals surface area contributed by atoms with Gasteiger partial charge in [0.1, 0.15) is 17.4 Å². The number of carbonyl (C=O) groups is 2. The molecule has 0 saturated carbocycles. The molecule has 1 heterocycles. The molecule has 0 spiro atoms. The van der Waals surface area contributed by atoms with Crippen molar-refractivity contribution in [3.05, 3.63) is 0 Å². The molecule has 1 aliphatic rings. The minimum Gasteiger partial charge on any atom is -0.467 e. The summed E-state index contributed by atoms with van der Waals surface area (Å²) in [6.07, 6.45) is 0.484. The monoisotopic (exact) mass is 451 g/mol. The number of aliphatic hydroxyl groups excluding tert-OH is 1. The highest BCUT2D eigenvalue weighted by atomic mass is 31.2. The van der Waals surface area contributed by atoms with E-state index in [-0.39, 0.29) is 24.9 Å². The van der Waals surface area contributed by atoms with Gasteiger partial charge in [0, 0.05) is 20.8 Å². The molecule has 1 N–H and O–H groups in total. The molecule has 0 radical (unpaired) electrons. The summed E-state index contributed by atoms with van der Waals surface area (Å²) in [6, 6.07) is -1.01. The van der Waals surface area contributed by atoms with Crippen LogP contribution < -0.4 is 0 Å². The Kier molecular flexibility index (Phi) is 9.80. The average molecular weight is 451 g/mol. The van der Waals surface area contributed by atoms with Crippen molar-refractivity contribution in [2.75, 3.05) is 27.9 Å². The number of hydrogen-bond donors (Lipinski definition) is 1. The van der Waals surface area contributed by atoms with Crippen molar-refractivity contribution in [2.24, 2.45) is 17.8 Å². The van der Waals surface area contributed by atoms with Crippen LogP contribution in [0.4, 0.5) is 4.79 Å². The van der Waals surface area contributed by atoms with Gasteiger partial charge in [0.25, 0.3) is 0 Å². The van der Waals surface area contributed by atoms with Crippen LogP contribution in [0, 0.1) is 17.8 Å². The maximum absolute atomic E-state index is 13.6. The highest BCUT2D eigenvalue weighted by Gasteiger charge is 2.56. The zero-order chi connectivity index (χ0) is 23.3. The first-order valence-corrected chi connectivity index (χ1v) is 11.9. The third-order valence-electron chi connectivity index (χ3n) is 5.28. The van der Waals surface area contributed by atoms with Crippen molar-refractivity contribution in [3.8, 4) is 0 Å². The van der Waals surface area contributed by atoms with Crippen LogP contribution in [0.2, 0.25) is 0 Å². The van der Waals surface area contributed by atoms with Crippen molar-refractivity contribution >= 4 is 19.7 Å². The lowest BCUT2D eigenvalue weighted by Crippen LogP contribution is -2.60. The van der Waals surface area contributed by atoms with Gasteiger partial charge in [-0.1, -0.05) is 13.8 Å². The number of amides is 1. The van der Waals surface area contributed by atoms with Crippen molar-refractivity contribution in [3.63, 3.8) is 0 Å². The number of piperidine rings is 1. The molecule has 1 rings (SSSR count). The summed E-state index contributed by atoms with van der Waals surface area (Å²) in [5.41, 5.74) is -0.840. The molecular formula is C20H38NO8P. The molecule has 1 aliphatic heterocycles. The summed E-state index contributed by atoms with van der Waals surface area (Å²) in [4.78, 5) is 27.1. The van der Waals surface area contributed by atoms with E-state index in [1.165, 1.54) is 21.3 Å². The Labute approximate surface area is 179 Å². The van der Waals surface area contributed by atoms with Gasteiger partial charge in [-0.25, -0.2) is 9.59 Å². The van der Waals surface area contributed by atoms with Crippen LogP contribution in [-0.2, 0) is 27.9 Å². The van der Waals surface area contributed by atoms with Gasteiger partial charge in [0.05, 0.1) is 7.11 Å². The Morgan fingerprint density at radius 1 is 1.17 bits per heavy atom. The number of hydrogen-bond acceptors (Lipinski definition) is 8. The molecule has 0 unspecified atom stereocenters. The van der Waals surface area contributed by atoms with E-state index in [9.17, 15) is 19.3 Å². The lowest BCUT2D eigenvalue weighted by molar-refractivity contribution is -0.151. The summed E-state index contributed by atoms with van der Waals surface area (Å²) in [6.45, 7) is 9.03. The van der Waals surface area contributed by atoms with E-state index in [1.807, 2.05) is 13.8 Å². The van der Waals surface area contributed by atoms with Gasteiger partial charge in [-0.2, -0.15) is 0 Å².